The van der Waals surface area contributed by atoms with Gasteiger partial charge in [0.25, 0.3) is 5.91 Å². The van der Waals surface area contributed by atoms with Gasteiger partial charge in [0.05, 0.1) is 0 Å². The molecule has 5 heteroatoms. The minimum absolute atomic E-state index is 0.0335. The monoisotopic (exact) mass is 378 g/mol. The Kier molecular flexibility index (Phi) is 5.15. The fourth-order valence-corrected chi connectivity index (χ4v) is 3.05. The molecule has 138 valence electrons. The van der Waals surface area contributed by atoms with Crippen LogP contribution < -0.4 is 10.6 Å². The maximum atomic E-state index is 12.4. The van der Waals surface area contributed by atoms with Gasteiger partial charge in [-0.25, -0.2) is 0 Å². The van der Waals surface area contributed by atoms with Gasteiger partial charge in [-0.2, -0.15) is 0 Å². The van der Waals surface area contributed by atoms with Crippen molar-refractivity contribution in [2.75, 3.05) is 5.32 Å². The maximum Gasteiger partial charge on any atom is 0.257 e. The highest BCUT2D eigenvalue weighted by Crippen LogP contribution is 2.30. The Morgan fingerprint density at radius 1 is 0.926 bits per heavy atom. The van der Waals surface area contributed by atoms with Crippen LogP contribution in [0, 0.1) is 0 Å². The smallest absolute Gasteiger partial charge is 0.257 e. The third kappa shape index (κ3) is 4.26. The van der Waals surface area contributed by atoms with E-state index in [-0.39, 0.29) is 22.2 Å². The van der Waals surface area contributed by atoms with Gasteiger partial charge in [-0.1, -0.05) is 57.2 Å². The zero-order chi connectivity index (χ0) is 19.6. The first kappa shape index (κ1) is 18.9. The summed E-state index contributed by atoms with van der Waals surface area (Å²) in [5.41, 5.74) is 2.46. The van der Waals surface area contributed by atoms with Gasteiger partial charge in [-0.3, -0.25) is 10.1 Å². The lowest BCUT2D eigenvalue weighted by atomic mass is 9.87. The van der Waals surface area contributed by atoms with Crippen molar-refractivity contribution in [1.82, 2.24) is 5.32 Å². The molecule has 0 heterocycles. The van der Waals surface area contributed by atoms with E-state index in [4.69, 9.17) is 12.2 Å². The third-order valence-electron chi connectivity index (χ3n) is 4.39. The number of anilines is 1. The summed E-state index contributed by atoms with van der Waals surface area (Å²) in [6.45, 7) is 6.38. The van der Waals surface area contributed by atoms with Crippen LogP contribution >= 0.6 is 12.2 Å². The Labute approximate surface area is 164 Å². The molecule has 3 rings (SSSR count). The molecule has 0 aliphatic heterocycles. The molecule has 0 fully saturated rings. The summed E-state index contributed by atoms with van der Waals surface area (Å²) in [4.78, 5) is 12.4. The zero-order valence-corrected chi connectivity index (χ0v) is 16.4. The molecule has 1 amide bonds. The van der Waals surface area contributed by atoms with E-state index in [1.165, 1.54) is 0 Å². The Balaban J connectivity index is 1.73. The van der Waals surface area contributed by atoms with Gasteiger partial charge in [-0.15, -0.1) is 0 Å². The fourth-order valence-electron chi connectivity index (χ4n) is 2.84. The van der Waals surface area contributed by atoms with Crippen molar-refractivity contribution in [2.24, 2.45) is 0 Å². The number of nitrogens with one attached hydrogen (secondary N) is 2. The van der Waals surface area contributed by atoms with Gasteiger partial charge in [0, 0.05) is 22.0 Å². The predicted molar refractivity (Wildman–Crippen MR) is 114 cm³/mol. The van der Waals surface area contributed by atoms with Crippen LogP contribution in [-0.4, -0.2) is 16.1 Å². The second kappa shape index (κ2) is 7.37. The van der Waals surface area contributed by atoms with Crippen molar-refractivity contribution >= 4 is 39.7 Å². The molecule has 0 saturated carbocycles. The molecule has 27 heavy (non-hydrogen) atoms. The van der Waals surface area contributed by atoms with Crippen LogP contribution in [0.3, 0.4) is 0 Å². The third-order valence-corrected chi connectivity index (χ3v) is 4.59. The summed E-state index contributed by atoms with van der Waals surface area (Å²) in [7, 11) is 0. The van der Waals surface area contributed by atoms with Crippen LogP contribution in [0.4, 0.5) is 5.69 Å². The Bertz CT molecular complexity index is 1000. The number of benzene rings is 3. The number of hydrogen-bond acceptors (Lipinski definition) is 3. The minimum Gasteiger partial charge on any atom is -0.507 e. The van der Waals surface area contributed by atoms with Crippen LogP contribution in [0.5, 0.6) is 5.75 Å². The van der Waals surface area contributed by atoms with Crippen LogP contribution in [-0.2, 0) is 5.41 Å². The molecule has 0 unspecified atom stereocenters. The van der Waals surface area contributed by atoms with E-state index >= 15 is 0 Å². The number of phenols is 1. The van der Waals surface area contributed by atoms with E-state index in [0.717, 1.165) is 22.0 Å². The summed E-state index contributed by atoms with van der Waals surface area (Å²) in [6, 6.07) is 18.3. The van der Waals surface area contributed by atoms with Gasteiger partial charge in [0.2, 0.25) is 0 Å². The minimum atomic E-state index is -0.268. The van der Waals surface area contributed by atoms with E-state index in [9.17, 15) is 9.90 Å². The lowest BCUT2D eigenvalue weighted by Gasteiger charge is -2.19. The second-order valence-corrected chi connectivity index (χ2v) is 7.82. The molecular weight excluding hydrogens is 356 g/mol. The van der Waals surface area contributed by atoms with Crippen molar-refractivity contribution in [2.45, 2.75) is 26.2 Å². The summed E-state index contributed by atoms with van der Waals surface area (Å²) in [6.07, 6.45) is 0. The maximum absolute atomic E-state index is 12.4. The van der Waals surface area contributed by atoms with Crippen LogP contribution in [0.15, 0.2) is 60.7 Å². The van der Waals surface area contributed by atoms with Crippen molar-refractivity contribution in [1.29, 1.82) is 0 Å². The van der Waals surface area contributed by atoms with Gasteiger partial charge >= 0.3 is 0 Å². The normalized spacial score (nSPS) is 11.2. The number of phenolic OH excluding ortho intramolecular Hbond substituents is 1. The zero-order valence-electron chi connectivity index (χ0n) is 15.5. The summed E-state index contributed by atoms with van der Waals surface area (Å²) >= 11 is 5.29. The van der Waals surface area contributed by atoms with Gasteiger partial charge in [0.15, 0.2) is 5.11 Å². The largest absolute Gasteiger partial charge is 0.507 e. The first-order valence-corrected chi connectivity index (χ1v) is 9.10. The molecular formula is C22H22N2O2S. The van der Waals surface area contributed by atoms with E-state index < -0.39 is 0 Å². The van der Waals surface area contributed by atoms with Crippen molar-refractivity contribution < 1.29 is 9.90 Å². The SMILES string of the molecule is CC(C)(C)c1ccc(C(=O)NC(=S)Nc2ccc(O)c3ccccc23)cc1. The molecule has 3 N–H and O–H groups in total. The fraction of sp³-hybridized carbons (Fsp3) is 0.182. The van der Waals surface area contributed by atoms with E-state index in [1.807, 2.05) is 36.4 Å². The highest BCUT2D eigenvalue weighted by atomic mass is 32.1. The van der Waals surface area contributed by atoms with E-state index in [2.05, 4.69) is 31.4 Å². The van der Waals surface area contributed by atoms with E-state index in [1.54, 1.807) is 24.3 Å². The molecule has 0 bridgehead atoms. The first-order valence-electron chi connectivity index (χ1n) is 8.69. The Morgan fingerprint density at radius 3 is 2.19 bits per heavy atom. The van der Waals surface area contributed by atoms with Crippen LogP contribution in [0.2, 0.25) is 0 Å². The average molecular weight is 378 g/mol. The summed E-state index contributed by atoms with van der Waals surface area (Å²) in [5.74, 6) is -0.0684. The number of hydrogen-bond donors (Lipinski definition) is 3. The number of aromatic hydroxyl groups is 1. The number of fused-ring (bicyclic) bond motifs is 1. The molecule has 3 aromatic carbocycles. The Hall–Kier alpha value is -2.92. The number of thiocarbonyl (C=S) groups is 1. The number of carbonyl (C=O) groups excluding carboxylic acids is 1. The molecule has 0 aliphatic carbocycles. The molecule has 0 spiro atoms. The predicted octanol–water partition coefficient (Wildman–Crippen LogP) is 4.97. The van der Waals surface area contributed by atoms with Crippen molar-refractivity contribution in [3.05, 3.63) is 71.8 Å². The van der Waals surface area contributed by atoms with Crippen molar-refractivity contribution in [3.63, 3.8) is 0 Å². The second-order valence-electron chi connectivity index (χ2n) is 7.41. The topological polar surface area (TPSA) is 61.4 Å². The Morgan fingerprint density at radius 2 is 1.56 bits per heavy atom. The quantitative estimate of drug-likeness (QED) is 0.435. The molecule has 3 aromatic rings. The highest BCUT2D eigenvalue weighted by molar-refractivity contribution is 7.80. The average Bonchev–Trinajstić information content (AvgIpc) is 2.63. The lowest BCUT2D eigenvalue weighted by Crippen LogP contribution is -2.34. The molecule has 0 saturated heterocycles. The molecule has 0 aromatic heterocycles. The molecule has 0 radical (unpaired) electrons. The van der Waals surface area contributed by atoms with Gasteiger partial charge in [-0.05, 0) is 47.5 Å². The van der Waals surface area contributed by atoms with Gasteiger partial charge in [0.1, 0.15) is 5.75 Å². The molecule has 0 aliphatic rings. The van der Waals surface area contributed by atoms with Crippen molar-refractivity contribution in [3.8, 4) is 5.75 Å². The van der Waals surface area contributed by atoms with Crippen LogP contribution in [0.1, 0.15) is 36.7 Å². The number of amides is 1. The highest BCUT2D eigenvalue weighted by Gasteiger charge is 2.15. The number of carbonyl (C=O) groups is 1. The van der Waals surface area contributed by atoms with E-state index in [0.29, 0.717) is 5.56 Å². The number of rotatable bonds is 2. The lowest BCUT2D eigenvalue weighted by molar-refractivity contribution is 0.0977. The summed E-state index contributed by atoms with van der Waals surface area (Å²) in [5, 5.41) is 17.5. The van der Waals surface area contributed by atoms with Gasteiger partial charge < -0.3 is 10.4 Å². The standard InChI is InChI=1S/C22H22N2O2S/c1-22(2,3)15-10-8-14(9-11-15)20(26)24-21(27)23-18-12-13-19(25)17-7-5-4-6-16(17)18/h4-13,25H,1-3H3,(H2,23,24,26,27). The first-order chi connectivity index (χ1) is 12.8. The van der Waals surface area contributed by atoms with Crippen LogP contribution in [0.25, 0.3) is 10.8 Å². The summed E-state index contributed by atoms with van der Waals surface area (Å²) < 4.78 is 0. The molecule has 0 atom stereocenters. The molecule has 4 nitrogen and oxygen atoms in total.